The summed E-state index contributed by atoms with van der Waals surface area (Å²) in [6.45, 7) is 4.38. The van der Waals surface area contributed by atoms with E-state index in [2.05, 4.69) is 38.1 Å². The van der Waals surface area contributed by atoms with Crippen molar-refractivity contribution in [3.63, 3.8) is 0 Å². The summed E-state index contributed by atoms with van der Waals surface area (Å²) in [5.41, 5.74) is 8.57. The summed E-state index contributed by atoms with van der Waals surface area (Å²) in [6, 6.07) is 8.77. The van der Waals surface area contributed by atoms with Crippen LogP contribution in [0.4, 0.5) is 0 Å². The van der Waals surface area contributed by atoms with Crippen LogP contribution >= 0.6 is 0 Å². The predicted octanol–water partition coefficient (Wildman–Crippen LogP) is 4.36. The Kier molecular flexibility index (Phi) is 3.36. The standard InChI is InChI=1S/C17H23NO/c1-3-12-7-8-15(18)14(9-12)16-10-13-6-4-5-11(2)17(13)19-16/h4-6,10,12,14-15H,3,7-9,18H2,1-2H3. The summed E-state index contributed by atoms with van der Waals surface area (Å²) >= 11 is 0. The average Bonchev–Trinajstić information content (AvgIpc) is 2.84. The number of fused-ring (bicyclic) bond motifs is 1. The second-order valence-corrected chi connectivity index (χ2v) is 6.00. The molecule has 1 fully saturated rings. The molecule has 1 heterocycles. The molecular formula is C17H23NO. The van der Waals surface area contributed by atoms with E-state index in [4.69, 9.17) is 10.2 Å². The summed E-state index contributed by atoms with van der Waals surface area (Å²) in [7, 11) is 0. The van der Waals surface area contributed by atoms with E-state index >= 15 is 0 Å². The van der Waals surface area contributed by atoms with Crippen LogP contribution in [0.5, 0.6) is 0 Å². The van der Waals surface area contributed by atoms with E-state index in [1.807, 2.05) is 0 Å². The van der Waals surface area contributed by atoms with Crippen molar-refractivity contribution in [2.45, 2.75) is 51.5 Å². The van der Waals surface area contributed by atoms with Crippen LogP contribution in [0.2, 0.25) is 0 Å². The van der Waals surface area contributed by atoms with Gasteiger partial charge in [-0.25, -0.2) is 0 Å². The van der Waals surface area contributed by atoms with E-state index < -0.39 is 0 Å². The van der Waals surface area contributed by atoms with Crippen LogP contribution in [0.1, 0.15) is 49.8 Å². The number of aryl methyl sites for hydroxylation is 1. The molecule has 1 aliphatic carbocycles. The Morgan fingerprint density at radius 1 is 1.32 bits per heavy atom. The number of para-hydroxylation sites is 1. The zero-order chi connectivity index (χ0) is 13.4. The summed E-state index contributed by atoms with van der Waals surface area (Å²) in [6.07, 6.45) is 4.83. The van der Waals surface area contributed by atoms with Gasteiger partial charge in [0.15, 0.2) is 0 Å². The van der Waals surface area contributed by atoms with Gasteiger partial charge in [-0.3, -0.25) is 0 Å². The fourth-order valence-electron chi connectivity index (χ4n) is 3.39. The molecule has 0 amide bonds. The predicted molar refractivity (Wildman–Crippen MR) is 79.3 cm³/mol. The van der Waals surface area contributed by atoms with E-state index in [-0.39, 0.29) is 6.04 Å². The molecule has 2 aromatic rings. The van der Waals surface area contributed by atoms with Gasteiger partial charge in [-0.05, 0) is 43.7 Å². The van der Waals surface area contributed by atoms with Gasteiger partial charge in [-0.2, -0.15) is 0 Å². The fourth-order valence-corrected chi connectivity index (χ4v) is 3.39. The summed E-state index contributed by atoms with van der Waals surface area (Å²) in [5.74, 6) is 2.29. The van der Waals surface area contributed by atoms with Gasteiger partial charge in [-0.1, -0.05) is 31.5 Å². The topological polar surface area (TPSA) is 39.2 Å². The van der Waals surface area contributed by atoms with Crippen LogP contribution in [0.15, 0.2) is 28.7 Å². The molecule has 19 heavy (non-hydrogen) atoms. The highest BCUT2D eigenvalue weighted by Crippen LogP contribution is 2.39. The molecule has 2 N–H and O–H groups in total. The molecule has 3 rings (SSSR count). The van der Waals surface area contributed by atoms with E-state index in [9.17, 15) is 0 Å². The smallest absolute Gasteiger partial charge is 0.137 e. The van der Waals surface area contributed by atoms with Crippen molar-refractivity contribution >= 4 is 11.0 Å². The first-order chi connectivity index (χ1) is 9.19. The van der Waals surface area contributed by atoms with Crippen molar-refractivity contribution < 1.29 is 4.42 Å². The first-order valence-electron chi connectivity index (χ1n) is 7.43. The van der Waals surface area contributed by atoms with Crippen LogP contribution in [-0.2, 0) is 0 Å². The van der Waals surface area contributed by atoms with Gasteiger partial charge in [0, 0.05) is 17.3 Å². The molecule has 0 aliphatic heterocycles. The Labute approximate surface area is 115 Å². The Morgan fingerprint density at radius 2 is 2.16 bits per heavy atom. The zero-order valence-corrected chi connectivity index (χ0v) is 11.9. The average molecular weight is 257 g/mol. The van der Waals surface area contributed by atoms with E-state index in [1.165, 1.54) is 30.2 Å². The monoisotopic (exact) mass is 257 g/mol. The van der Waals surface area contributed by atoms with Crippen LogP contribution in [-0.4, -0.2) is 6.04 Å². The van der Waals surface area contributed by atoms with Gasteiger partial charge in [-0.15, -0.1) is 0 Å². The molecule has 2 nitrogen and oxygen atoms in total. The SMILES string of the molecule is CCC1CCC(N)C(c2cc3cccc(C)c3o2)C1. The first-order valence-corrected chi connectivity index (χ1v) is 7.43. The van der Waals surface area contributed by atoms with Gasteiger partial charge in [0.1, 0.15) is 11.3 Å². The molecular weight excluding hydrogens is 234 g/mol. The number of hydrogen-bond acceptors (Lipinski definition) is 2. The fraction of sp³-hybridized carbons (Fsp3) is 0.529. The third-order valence-electron chi connectivity index (χ3n) is 4.72. The second-order valence-electron chi connectivity index (χ2n) is 6.00. The van der Waals surface area contributed by atoms with Crippen LogP contribution < -0.4 is 5.73 Å². The quantitative estimate of drug-likeness (QED) is 0.868. The van der Waals surface area contributed by atoms with Crippen molar-refractivity contribution in [3.05, 3.63) is 35.6 Å². The molecule has 0 spiro atoms. The molecule has 3 atom stereocenters. The van der Waals surface area contributed by atoms with Gasteiger partial charge in [0.05, 0.1) is 0 Å². The highest BCUT2D eigenvalue weighted by molar-refractivity contribution is 5.81. The molecule has 0 saturated heterocycles. The van der Waals surface area contributed by atoms with Crippen LogP contribution in [0, 0.1) is 12.8 Å². The van der Waals surface area contributed by atoms with Crippen molar-refractivity contribution in [3.8, 4) is 0 Å². The lowest BCUT2D eigenvalue weighted by Crippen LogP contribution is -2.34. The van der Waals surface area contributed by atoms with Crippen LogP contribution in [0.25, 0.3) is 11.0 Å². The molecule has 1 aromatic heterocycles. The maximum atomic E-state index is 6.33. The molecule has 3 unspecified atom stereocenters. The Balaban J connectivity index is 1.96. The lowest BCUT2D eigenvalue weighted by molar-refractivity contribution is 0.260. The maximum absolute atomic E-state index is 6.33. The van der Waals surface area contributed by atoms with Crippen LogP contribution in [0.3, 0.4) is 0 Å². The van der Waals surface area contributed by atoms with Gasteiger partial charge >= 0.3 is 0 Å². The highest BCUT2D eigenvalue weighted by atomic mass is 16.3. The Morgan fingerprint density at radius 3 is 2.89 bits per heavy atom. The number of rotatable bonds is 2. The van der Waals surface area contributed by atoms with Gasteiger partial charge < -0.3 is 10.2 Å². The zero-order valence-electron chi connectivity index (χ0n) is 11.9. The van der Waals surface area contributed by atoms with Crippen molar-refractivity contribution in [1.29, 1.82) is 0 Å². The molecule has 102 valence electrons. The minimum absolute atomic E-state index is 0.253. The largest absolute Gasteiger partial charge is 0.460 e. The minimum atomic E-state index is 0.253. The highest BCUT2D eigenvalue weighted by Gasteiger charge is 2.30. The van der Waals surface area contributed by atoms with Crippen molar-refractivity contribution in [2.24, 2.45) is 11.7 Å². The van der Waals surface area contributed by atoms with E-state index in [0.717, 1.165) is 23.7 Å². The molecule has 0 bridgehead atoms. The van der Waals surface area contributed by atoms with E-state index in [1.54, 1.807) is 0 Å². The summed E-state index contributed by atoms with van der Waals surface area (Å²) in [5, 5.41) is 1.21. The number of benzene rings is 1. The second kappa shape index (κ2) is 5.01. The minimum Gasteiger partial charge on any atom is -0.460 e. The van der Waals surface area contributed by atoms with Gasteiger partial charge in [0.25, 0.3) is 0 Å². The molecule has 0 radical (unpaired) electrons. The first kappa shape index (κ1) is 12.7. The Hall–Kier alpha value is -1.28. The third-order valence-corrected chi connectivity index (χ3v) is 4.72. The molecule has 1 aromatic carbocycles. The number of nitrogens with two attached hydrogens (primary N) is 1. The molecule has 1 saturated carbocycles. The summed E-state index contributed by atoms with van der Waals surface area (Å²) < 4.78 is 6.12. The summed E-state index contributed by atoms with van der Waals surface area (Å²) in [4.78, 5) is 0. The number of hydrogen-bond donors (Lipinski definition) is 1. The Bertz CT molecular complexity index is 572. The van der Waals surface area contributed by atoms with Gasteiger partial charge in [0.2, 0.25) is 0 Å². The van der Waals surface area contributed by atoms with Crippen molar-refractivity contribution in [1.82, 2.24) is 0 Å². The maximum Gasteiger partial charge on any atom is 0.137 e. The lowest BCUT2D eigenvalue weighted by Gasteiger charge is -2.32. The normalized spacial score (nSPS) is 27.8. The number of furan rings is 1. The molecule has 2 heteroatoms. The lowest BCUT2D eigenvalue weighted by atomic mass is 9.76. The molecule has 1 aliphatic rings. The van der Waals surface area contributed by atoms with Crippen molar-refractivity contribution in [2.75, 3.05) is 0 Å². The van der Waals surface area contributed by atoms with E-state index in [0.29, 0.717) is 5.92 Å². The third kappa shape index (κ3) is 2.30.